The van der Waals surface area contributed by atoms with Gasteiger partial charge in [0.15, 0.2) is 0 Å². The first-order chi connectivity index (χ1) is 8.49. The van der Waals surface area contributed by atoms with E-state index in [1.165, 1.54) is 0 Å². The van der Waals surface area contributed by atoms with Crippen LogP contribution in [-0.2, 0) is 16.6 Å². The highest BCUT2D eigenvalue weighted by molar-refractivity contribution is 7.84. The number of hydrogen-bond acceptors (Lipinski definition) is 4. The van der Waals surface area contributed by atoms with Crippen LogP contribution in [0.5, 0.6) is 5.75 Å². The highest BCUT2D eigenvalue weighted by atomic mass is 32.2. The van der Waals surface area contributed by atoms with E-state index >= 15 is 0 Å². The zero-order chi connectivity index (χ0) is 13.7. The minimum absolute atomic E-state index is 0.00140. The van der Waals surface area contributed by atoms with Crippen LogP contribution >= 0.6 is 0 Å². The van der Waals surface area contributed by atoms with Gasteiger partial charge in [-0.3, -0.25) is 9.19 Å². The number of aromatic nitrogens is 1. The Kier molecular flexibility index (Phi) is 5.75. The van der Waals surface area contributed by atoms with Crippen molar-refractivity contribution in [3.63, 3.8) is 0 Å². The van der Waals surface area contributed by atoms with Crippen molar-refractivity contribution in [2.45, 2.75) is 39.0 Å². The van der Waals surface area contributed by atoms with E-state index < -0.39 is 10.8 Å². The van der Waals surface area contributed by atoms with E-state index in [0.29, 0.717) is 11.5 Å². The molecule has 2 unspecified atom stereocenters. The summed E-state index contributed by atoms with van der Waals surface area (Å²) in [5, 5.41) is 0. The molecule has 2 N–H and O–H groups in total. The summed E-state index contributed by atoms with van der Waals surface area (Å²) in [6.45, 7) is 5.90. The quantitative estimate of drug-likeness (QED) is 0.854. The Morgan fingerprint density at radius 1 is 1.50 bits per heavy atom. The molecule has 0 spiro atoms. The van der Waals surface area contributed by atoms with Crippen LogP contribution in [0.25, 0.3) is 0 Å². The maximum absolute atomic E-state index is 12.0. The highest BCUT2D eigenvalue weighted by Gasteiger charge is 2.13. The summed E-state index contributed by atoms with van der Waals surface area (Å²) in [4.78, 5) is 4.35. The van der Waals surface area contributed by atoms with Gasteiger partial charge in [0.1, 0.15) is 5.75 Å². The molecule has 0 fully saturated rings. The summed E-state index contributed by atoms with van der Waals surface area (Å²) in [5.41, 5.74) is 8.60. The predicted molar refractivity (Wildman–Crippen MR) is 75.2 cm³/mol. The molecule has 1 aromatic rings. The Morgan fingerprint density at radius 2 is 2.17 bits per heavy atom. The molecule has 0 aliphatic carbocycles. The third kappa shape index (κ3) is 3.78. The molecule has 0 aliphatic rings. The van der Waals surface area contributed by atoms with E-state index in [0.717, 1.165) is 29.0 Å². The van der Waals surface area contributed by atoms with E-state index in [9.17, 15) is 4.21 Å². The van der Waals surface area contributed by atoms with Crippen LogP contribution in [0, 0.1) is 13.8 Å². The van der Waals surface area contributed by atoms with Crippen LogP contribution in [0.15, 0.2) is 6.20 Å². The first-order valence-corrected chi connectivity index (χ1v) is 7.58. The summed E-state index contributed by atoms with van der Waals surface area (Å²) < 4.78 is 17.3. The SMILES string of the molecule is CCC(N)CS(=O)Cc1ncc(C)c(OC)c1C. The number of pyridine rings is 1. The minimum Gasteiger partial charge on any atom is -0.496 e. The number of nitrogens with two attached hydrogens (primary N) is 1. The fourth-order valence-corrected chi connectivity index (χ4v) is 3.21. The maximum atomic E-state index is 12.0. The molecule has 102 valence electrons. The van der Waals surface area contributed by atoms with Gasteiger partial charge in [-0.15, -0.1) is 0 Å². The van der Waals surface area contributed by atoms with Gasteiger partial charge in [0.2, 0.25) is 0 Å². The molecule has 4 nitrogen and oxygen atoms in total. The van der Waals surface area contributed by atoms with Gasteiger partial charge in [-0.05, 0) is 20.3 Å². The smallest absolute Gasteiger partial charge is 0.128 e. The fraction of sp³-hybridized carbons (Fsp3) is 0.615. The van der Waals surface area contributed by atoms with E-state index in [1.54, 1.807) is 13.3 Å². The average molecular weight is 270 g/mol. The van der Waals surface area contributed by atoms with Gasteiger partial charge in [-0.25, -0.2) is 0 Å². The van der Waals surface area contributed by atoms with Crippen molar-refractivity contribution < 1.29 is 8.95 Å². The van der Waals surface area contributed by atoms with Crippen LogP contribution in [-0.4, -0.2) is 28.1 Å². The van der Waals surface area contributed by atoms with Crippen LogP contribution < -0.4 is 10.5 Å². The maximum Gasteiger partial charge on any atom is 0.128 e. The molecule has 5 heteroatoms. The van der Waals surface area contributed by atoms with E-state index in [1.807, 2.05) is 20.8 Å². The molecular weight excluding hydrogens is 248 g/mol. The normalized spacial score (nSPS) is 14.3. The lowest BCUT2D eigenvalue weighted by molar-refractivity contribution is 0.407. The van der Waals surface area contributed by atoms with Crippen molar-refractivity contribution in [2.24, 2.45) is 5.73 Å². The van der Waals surface area contributed by atoms with Crippen molar-refractivity contribution in [3.8, 4) is 5.75 Å². The molecule has 0 saturated heterocycles. The first kappa shape index (κ1) is 15.1. The summed E-state index contributed by atoms with van der Waals surface area (Å²) in [5.74, 6) is 1.79. The first-order valence-electron chi connectivity index (χ1n) is 6.09. The van der Waals surface area contributed by atoms with Crippen molar-refractivity contribution in [1.29, 1.82) is 0 Å². The van der Waals surface area contributed by atoms with Gasteiger partial charge in [0.25, 0.3) is 0 Å². The number of nitrogens with zero attached hydrogens (tertiary/aromatic N) is 1. The zero-order valence-electron chi connectivity index (χ0n) is 11.5. The van der Waals surface area contributed by atoms with Crippen LogP contribution in [0.2, 0.25) is 0 Å². The molecule has 0 bridgehead atoms. The van der Waals surface area contributed by atoms with Crippen LogP contribution in [0.3, 0.4) is 0 Å². The summed E-state index contributed by atoms with van der Waals surface area (Å²) in [7, 11) is 0.671. The lowest BCUT2D eigenvalue weighted by Gasteiger charge is -2.13. The van der Waals surface area contributed by atoms with E-state index in [-0.39, 0.29) is 6.04 Å². The number of rotatable bonds is 6. The standard InChI is InChI=1S/C13H22N2O2S/c1-5-11(14)7-18(16)8-12-10(3)13(17-4)9(2)6-15-12/h6,11H,5,7-8,14H2,1-4H3. The van der Waals surface area contributed by atoms with Gasteiger partial charge >= 0.3 is 0 Å². The van der Waals surface area contributed by atoms with Gasteiger partial charge in [-0.2, -0.15) is 0 Å². The van der Waals surface area contributed by atoms with Gasteiger partial charge in [0, 0.05) is 39.9 Å². The molecule has 1 heterocycles. The molecule has 0 radical (unpaired) electrons. The number of methoxy groups -OCH3 is 1. The van der Waals surface area contributed by atoms with Crippen molar-refractivity contribution in [3.05, 3.63) is 23.0 Å². The monoisotopic (exact) mass is 270 g/mol. The third-order valence-electron chi connectivity index (χ3n) is 2.97. The minimum atomic E-state index is -0.971. The van der Waals surface area contributed by atoms with Gasteiger partial charge in [-0.1, -0.05) is 6.92 Å². The Hall–Kier alpha value is -0.940. The Bertz CT molecular complexity index is 435. The topological polar surface area (TPSA) is 65.2 Å². The molecule has 1 rings (SSSR count). The number of aryl methyl sites for hydroxylation is 1. The fourth-order valence-electron chi connectivity index (χ4n) is 1.78. The van der Waals surface area contributed by atoms with Crippen LogP contribution in [0.1, 0.15) is 30.2 Å². The van der Waals surface area contributed by atoms with E-state index in [2.05, 4.69) is 4.98 Å². The van der Waals surface area contributed by atoms with Crippen LogP contribution in [0.4, 0.5) is 0 Å². The van der Waals surface area contributed by atoms with Crippen molar-refractivity contribution in [2.75, 3.05) is 12.9 Å². The Balaban J connectivity index is 2.82. The predicted octanol–water partition coefficient (Wildman–Crippen LogP) is 1.69. The molecule has 1 aromatic heterocycles. The average Bonchev–Trinajstić information content (AvgIpc) is 2.33. The summed E-state index contributed by atoms with van der Waals surface area (Å²) >= 11 is 0. The number of ether oxygens (including phenoxy) is 1. The zero-order valence-corrected chi connectivity index (χ0v) is 12.3. The summed E-state index contributed by atoms with van der Waals surface area (Å²) in [6, 6.07) is -0.00140. The molecular formula is C13H22N2O2S. The Morgan fingerprint density at radius 3 is 2.72 bits per heavy atom. The lowest BCUT2D eigenvalue weighted by atomic mass is 10.1. The molecule has 0 amide bonds. The second kappa shape index (κ2) is 6.85. The van der Waals surface area contributed by atoms with Gasteiger partial charge in [0.05, 0.1) is 18.6 Å². The second-order valence-corrected chi connectivity index (χ2v) is 5.97. The third-order valence-corrected chi connectivity index (χ3v) is 4.37. The van der Waals surface area contributed by atoms with Gasteiger partial charge < -0.3 is 10.5 Å². The highest BCUT2D eigenvalue weighted by Crippen LogP contribution is 2.24. The molecule has 0 aromatic carbocycles. The molecule has 0 saturated carbocycles. The largest absolute Gasteiger partial charge is 0.496 e. The Labute approximate surface area is 111 Å². The van der Waals surface area contributed by atoms with Crippen molar-refractivity contribution in [1.82, 2.24) is 4.98 Å². The molecule has 2 atom stereocenters. The van der Waals surface area contributed by atoms with Crippen molar-refractivity contribution >= 4 is 10.8 Å². The second-order valence-electron chi connectivity index (χ2n) is 4.47. The lowest BCUT2D eigenvalue weighted by Crippen LogP contribution is -2.26. The van der Waals surface area contributed by atoms with E-state index in [4.69, 9.17) is 10.5 Å². The summed E-state index contributed by atoms with van der Waals surface area (Å²) in [6.07, 6.45) is 2.60. The molecule has 18 heavy (non-hydrogen) atoms. The number of hydrogen-bond donors (Lipinski definition) is 1. The molecule has 0 aliphatic heterocycles.